The molecule has 0 amide bonds. The molecule has 6 nitrogen and oxygen atoms in total. The van der Waals surface area contributed by atoms with Gasteiger partial charge in [0.2, 0.25) is 9.84 Å². The second-order valence-electron chi connectivity index (χ2n) is 7.48. The van der Waals surface area contributed by atoms with Crippen LogP contribution in [0, 0.1) is 17.2 Å². The maximum absolute atomic E-state index is 13.3. The van der Waals surface area contributed by atoms with Crippen LogP contribution in [0.5, 0.6) is 0 Å². The van der Waals surface area contributed by atoms with E-state index in [0.29, 0.717) is 22.8 Å². The van der Waals surface area contributed by atoms with Gasteiger partial charge in [-0.2, -0.15) is 5.26 Å². The van der Waals surface area contributed by atoms with Crippen molar-refractivity contribution in [2.45, 2.75) is 29.9 Å². The van der Waals surface area contributed by atoms with Gasteiger partial charge in [-0.15, -0.1) is 0 Å². The van der Waals surface area contributed by atoms with Crippen LogP contribution in [0.2, 0.25) is 0 Å². The number of para-hydroxylation sites is 2. The Labute approximate surface area is 170 Å². The fourth-order valence-corrected chi connectivity index (χ4v) is 5.22. The zero-order valence-corrected chi connectivity index (χ0v) is 17.0. The third-order valence-corrected chi connectivity index (χ3v) is 7.16. The van der Waals surface area contributed by atoms with E-state index in [2.05, 4.69) is 16.8 Å². The lowest BCUT2D eigenvalue weighted by Crippen LogP contribution is -2.36. The molecule has 1 aliphatic heterocycles. The number of hydrogen-bond donors (Lipinski definition) is 0. The molecule has 1 aromatic heterocycles. The molecule has 2 atom stereocenters. The molecular formula is C22H22N4O2S. The van der Waals surface area contributed by atoms with E-state index in [-0.39, 0.29) is 10.6 Å². The normalized spacial score (nSPS) is 18.3. The quantitative estimate of drug-likeness (QED) is 0.653. The Morgan fingerprint density at radius 1 is 1.07 bits per heavy atom. The summed E-state index contributed by atoms with van der Waals surface area (Å²) in [6.07, 6.45) is 2.12. The van der Waals surface area contributed by atoms with Crippen LogP contribution in [-0.2, 0) is 9.84 Å². The second kappa shape index (κ2) is 7.80. The summed E-state index contributed by atoms with van der Waals surface area (Å²) in [5.74, 6) is 0.970. The average molecular weight is 407 g/mol. The zero-order valence-electron chi connectivity index (χ0n) is 16.2. The van der Waals surface area contributed by atoms with Crippen LogP contribution in [0.1, 0.15) is 30.7 Å². The smallest absolute Gasteiger partial charge is 0.200 e. The number of benzene rings is 2. The predicted octanol–water partition coefficient (Wildman–Crippen LogP) is 3.90. The molecule has 7 heteroatoms. The number of aromatic nitrogens is 2. The molecular weight excluding hydrogens is 384 g/mol. The van der Waals surface area contributed by atoms with Crippen molar-refractivity contribution in [1.29, 1.82) is 5.26 Å². The van der Waals surface area contributed by atoms with Gasteiger partial charge in [0.15, 0.2) is 11.1 Å². The van der Waals surface area contributed by atoms with Crippen LogP contribution in [-0.4, -0.2) is 31.5 Å². The van der Waals surface area contributed by atoms with E-state index < -0.39 is 15.1 Å². The first-order chi connectivity index (χ1) is 14.0. The predicted molar refractivity (Wildman–Crippen MR) is 112 cm³/mol. The molecule has 148 valence electrons. The van der Waals surface area contributed by atoms with Gasteiger partial charge in [0.25, 0.3) is 0 Å². The minimum absolute atomic E-state index is 0.111. The highest BCUT2D eigenvalue weighted by Gasteiger charge is 2.35. The van der Waals surface area contributed by atoms with Crippen molar-refractivity contribution in [2.75, 3.05) is 18.0 Å². The van der Waals surface area contributed by atoms with Crippen molar-refractivity contribution in [2.24, 2.45) is 5.92 Å². The van der Waals surface area contributed by atoms with Gasteiger partial charge in [0, 0.05) is 13.1 Å². The third kappa shape index (κ3) is 3.68. The SMILES string of the molecule is C[C@H]1CCCN(c2nc3ccccc3nc2[C@@H](C#N)S(=O)(=O)c2ccccc2)C1. The van der Waals surface area contributed by atoms with Crippen LogP contribution in [0.3, 0.4) is 0 Å². The fraction of sp³-hybridized carbons (Fsp3) is 0.318. The highest BCUT2D eigenvalue weighted by molar-refractivity contribution is 7.92. The molecule has 4 rings (SSSR count). The topological polar surface area (TPSA) is 86.9 Å². The Morgan fingerprint density at radius 2 is 1.72 bits per heavy atom. The molecule has 3 aromatic rings. The van der Waals surface area contributed by atoms with Gasteiger partial charge in [0.05, 0.1) is 22.0 Å². The maximum atomic E-state index is 13.3. The minimum Gasteiger partial charge on any atom is -0.355 e. The number of hydrogen-bond acceptors (Lipinski definition) is 6. The van der Waals surface area contributed by atoms with Crippen molar-refractivity contribution in [3.8, 4) is 6.07 Å². The second-order valence-corrected chi connectivity index (χ2v) is 9.51. The molecule has 1 fully saturated rings. The number of anilines is 1. The Morgan fingerprint density at radius 3 is 2.38 bits per heavy atom. The number of nitrogens with zero attached hydrogens (tertiary/aromatic N) is 4. The summed E-state index contributed by atoms with van der Waals surface area (Å²) in [6, 6.07) is 17.4. The molecule has 29 heavy (non-hydrogen) atoms. The molecule has 0 saturated carbocycles. The molecule has 1 saturated heterocycles. The van der Waals surface area contributed by atoms with Crippen molar-refractivity contribution < 1.29 is 8.42 Å². The summed E-state index contributed by atoms with van der Waals surface area (Å²) in [7, 11) is -3.94. The molecule has 0 unspecified atom stereocenters. The highest BCUT2D eigenvalue weighted by atomic mass is 32.2. The number of nitriles is 1. The summed E-state index contributed by atoms with van der Waals surface area (Å²) in [5, 5.41) is 8.49. The standard InChI is InChI=1S/C22H22N4O2S/c1-16-8-7-13-26(15-16)22-21(24-18-11-5-6-12-19(18)25-22)20(14-23)29(27,28)17-9-3-2-4-10-17/h2-6,9-12,16,20H,7-8,13,15H2,1H3/t16-,20+/m0/s1. The van der Waals surface area contributed by atoms with Crippen molar-refractivity contribution in [1.82, 2.24) is 9.97 Å². The van der Waals surface area contributed by atoms with Crippen LogP contribution in [0.4, 0.5) is 5.82 Å². The van der Waals surface area contributed by atoms with E-state index in [1.807, 2.05) is 24.3 Å². The van der Waals surface area contributed by atoms with E-state index >= 15 is 0 Å². The fourth-order valence-electron chi connectivity index (χ4n) is 3.82. The lowest BCUT2D eigenvalue weighted by molar-refractivity contribution is 0.443. The van der Waals surface area contributed by atoms with Gasteiger partial charge in [-0.3, -0.25) is 0 Å². The molecule has 0 spiro atoms. The summed E-state index contributed by atoms with van der Waals surface area (Å²) in [4.78, 5) is 11.6. The summed E-state index contributed by atoms with van der Waals surface area (Å²) in [5.41, 5.74) is 1.49. The van der Waals surface area contributed by atoms with Gasteiger partial charge < -0.3 is 4.90 Å². The van der Waals surface area contributed by atoms with E-state index in [4.69, 9.17) is 4.98 Å². The molecule has 0 radical (unpaired) electrons. The number of rotatable bonds is 4. The molecule has 1 aliphatic rings. The van der Waals surface area contributed by atoms with E-state index in [0.717, 1.165) is 25.9 Å². The lowest BCUT2D eigenvalue weighted by atomic mass is 10.00. The Balaban J connectivity index is 1.90. The van der Waals surface area contributed by atoms with Crippen molar-refractivity contribution in [3.63, 3.8) is 0 Å². The monoisotopic (exact) mass is 406 g/mol. The van der Waals surface area contributed by atoms with Gasteiger partial charge in [0.1, 0.15) is 5.69 Å². The van der Waals surface area contributed by atoms with Gasteiger partial charge >= 0.3 is 0 Å². The Kier molecular flexibility index (Phi) is 5.20. The van der Waals surface area contributed by atoms with Crippen LogP contribution in [0.15, 0.2) is 59.5 Å². The molecule has 0 aliphatic carbocycles. The Bertz CT molecular complexity index is 1170. The number of sulfone groups is 1. The van der Waals surface area contributed by atoms with Gasteiger partial charge in [-0.1, -0.05) is 37.3 Å². The van der Waals surface area contributed by atoms with Crippen LogP contribution in [0.25, 0.3) is 11.0 Å². The van der Waals surface area contributed by atoms with Crippen molar-refractivity contribution >= 4 is 26.7 Å². The number of piperidine rings is 1. The third-order valence-electron chi connectivity index (χ3n) is 5.28. The zero-order chi connectivity index (χ0) is 20.4. The molecule has 2 heterocycles. The van der Waals surface area contributed by atoms with Gasteiger partial charge in [-0.25, -0.2) is 18.4 Å². The summed E-state index contributed by atoms with van der Waals surface area (Å²) in [6.45, 7) is 3.71. The first-order valence-corrected chi connectivity index (χ1v) is 11.3. The molecule has 2 aromatic carbocycles. The van der Waals surface area contributed by atoms with E-state index in [9.17, 15) is 13.7 Å². The van der Waals surface area contributed by atoms with E-state index in [1.165, 1.54) is 12.1 Å². The molecule has 0 N–H and O–H groups in total. The number of fused-ring (bicyclic) bond motifs is 1. The van der Waals surface area contributed by atoms with Crippen molar-refractivity contribution in [3.05, 3.63) is 60.3 Å². The largest absolute Gasteiger partial charge is 0.355 e. The first kappa shape index (κ1) is 19.3. The van der Waals surface area contributed by atoms with E-state index in [1.54, 1.807) is 24.3 Å². The highest BCUT2D eigenvalue weighted by Crippen LogP contribution is 2.35. The Hall–Kier alpha value is -2.98. The first-order valence-electron chi connectivity index (χ1n) is 9.71. The maximum Gasteiger partial charge on any atom is 0.200 e. The average Bonchev–Trinajstić information content (AvgIpc) is 2.74. The summed E-state index contributed by atoms with van der Waals surface area (Å²) >= 11 is 0. The molecule has 0 bridgehead atoms. The van der Waals surface area contributed by atoms with Crippen LogP contribution >= 0.6 is 0 Å². The lowest BCUT2D eigenvalue weighted by Gasteiger charge is -2.33. The summed E-state index contributed by atoms with van der Waals surface area (Å²) < 4.78 is 26.6. The minimum atomic E-state index is -3.94. The van der Waals surface area contributed by atoms with Gasteiger partial charge in [-0.05, 0) is 43.0 Å². The van der Waals surface area contributed by atoms with Crippen LogP contribution < -0.4 is 4.90 Å².